The number of alkyl halides is 2. The van der Waals surface area contributed by atoms with E-state index in [0.717, 1.165) is 6.42 Å². The Morgan fingerprint density at radius 2 is 2.00 bits per heavy atom. The lowest BCUT2D eigenvalue weighted by Gasteiger charge is -2.22. The maximum absolute atomic E-state index is 12.1. The topological polar surface area (TPSA) is 12.0 Å². The zero-order valence-electron chi connectivity index (χ0n) is 4.58. The van der Waals surface area contributed by atoms with Crippen LogP contribution in [0.4, 0.5) is 8.78 Å². The van der Waals surface area contributed by atoms with Gasteiger partial charge in [-0.25, -0.2) is 0 Å². The van der Waals surface area contributed by atoms with E-state index in [2.05, 4.69) is 5.32 Å². The zero-order valence-corrected chi connectivity index (χ0v) is 4.58. The molecule has 1 saturated heterocycles. The van der Waals surface area contributed by atoms with Gasteiger partial charge in [-0.1, -0.05) is 0 Å². The summed E-state index contributed by atoms with van der Waals surface area (Å²) in [5.41, 5.74) is 0. The quantitative estimate of drug-likeness (QED) is 0.477. The predicted octanol–water partition coefficient (Wildman–Crippen LogP) is 1.35. The lowest BCUT2D eigenvalue weighted by atomic mass is 10.1. The molecule has 48 valence electrons. The van der Waals surface area contributed by atoms with E-state index in [-0.39, 0.29) is 6.42 Å². The van der Waals surface area contributed by atoms with Gasteiger partial charge in [0, 0.05) is 13.0 Å². The highest BCUT2D eigenvalue weighted by Gasteiger charge is 2.29. The Bertz CT molecular complexity index is 74.5. The van der Waals surface area contributed by atoms with Crippen LogP contribution < -0.4 is 5.32 Å². The molecule has 0 amide bonds. The van der Waals surface area contributed by atoms with Gasteiger partial charge in [-0.3, -0.25) is 5.32 Å². The Hall–Kier alpha value is -0.180. The van der Waals surface area contributed by atoms with Gasteiger partial charge in [0.1, 0.15) is 0 Å². The summed E-state index contributed by atoms with van der Waals surface area (Å²) >= 11 is 0. The zero-order chi connectivity index (χ0) is 6.04. The van der Waals surface area contributed by atoms with Crippen molar-refractivity contribution in [1.82, 2.24) is 5.32 Å². The minimum Gasteiger partial charge on any atom is -0.258 e. The van der Waals surface area contributed by atoms with E-state index in [4.69, 9.17) is 0 Å². The first-order chi connectivity index (χ1) is 3.71. The molecule has 1 N–H and O–H groups in total. The van der Waals surface area contributed by atoms with Crippen LogP contribution in [0.1, 0.15) is 19.3 Å². The number of hydrogen-bond acceptors (Lipinski definition) is 1. The van der Waals surface area contributed by atoms with Crippen LogP contribution in [0.5, 0.6) is 0 Å². The first kappa shape index (κ1) is 5.95. The van der Waals surface area contributed by atoms with Crippen LogP contribution in [0.15, 0.2) is 0 Å². The molecule has 0 saturated carbocycles. The number of rotatable bonds is 0. The number of halogens is 2. The van der Waals surface area contributed by atoms with E-state index in [1.54, 1.807) is 0 Å². The summed E-state index contributed by atoms with van der Waals surface area (Å²) < 4.78 is 24.2. The number of hydrogen-bond donors (Lipinski definition) is 1. The summed E-state index contributed by atoms with van der Waals surface area (Å²) in [6, 6.07) is -2.57. The molecule has 0 unspecified atom stereocenters. The van der Waals surface area contributed by atoms with E-state index in [0.29, 0.717) is 13.0 Å². The molecule has 1 nitrogen and oxygen atoms in total. The Labute approximate surface area is 47.1 Å². The smallest absolute Gasteiger partial charge is 0.258 e. The van der Waals surface area contributed by atoms with Crippen molar-refractivity contribution in [3.63, 3.8) is 0 Å². The van der Waals surface area contributed by atoms with Gasteiger partial charge in [0.25, 0.3) is 0 Å². The van der Waals surface area contributed by atoms with E-state index < -0.39 is 6.05 Å². The fourth-order valence-corrected chi connectivity index (χ4v) is 0.832. The molecule has 0 aromatic rings. The minimum atomic E-state index is -2.57. The van der Waals surface area contributed by atoms with E-state index in [9.17, 15) is 8.78 Å². The van der Waals surface area contributed by atoms with Crippen molar-refractivity contribution in [3.8, 4) is 0 Å². The highest BCUT2D eigenvalue weighted by molar-refractivity contribution is 4.68. The third-order valence-electron chi connectivity index (χ3n) is 1.30. The van der Waals surface area contributed by atoms with Crippen molar-refractivity contribution in [1.29, 1.82) is 0 Å². The molecule has 1 aliphatic heterocycles. The molecule has 0 spiro atoms. The normalized spacial score (nSPS) is 27.8. The summed E-state index contributed by atoms with van der Waals surface area (Å²) in [6.45, 7) is 0.465. The molecular weight excluding hydrogens is 112 g/mol. The summed E-state index contributed by atoms with van der Waals surface area (Å²) in [5, 5.41) is 2.12. The summed E-state index contributed by atoms with van der Waals surface area (Å²) in [5.74, 6) is 0. The first-order valence-corrected chi connectivity index (χ1v) is 2.84. The van der Waals surface area contributed by atoms with Crippen LogP contribution >= 0.6 is 0 Å². The first-order valence-electron chi connectivity index (χ1n) is 2.84. The molecule has 1 fully saturated rings. The lowest BCUT2D eigenvalue weighted by molar-refractivity contribution is -0.0569. The molecular formula is C5H9F2N. The van der Waals surface area contributed by atoms with E-state index in [1.165, 1.54) is 0 Å². The van der Waals surface area contributed by atoms with Gasteiger partial charge >= 0.3 is 6.05 Å². The molecule has 0 radical (unpaired) electrons. The highest BCUT2D eigenvalue weighted by Crippen LogP contribution is 2.20. The summed E-state index contributed by atoms with van der Waals surface area (Å²) in [6.07, 6.45) is 1.54. The Kier molecular flexibility index (Phi) is 1.47. The van der Waals surface area contributed by atoms with Crippen molar-refractivity contribution < 1.29 is 8.78 Å². The van der Waals surface area contributed by atoms with Crippen LogP contribution in [0.25, 0.3) is 0 Å². The van der Waals surface area contributed by atoms with Crippen molar-refractivity contribution in [2.24, 2.45) is 0 Å². The predicted molar refractivity (Wildman–Crippen MR) is 26.8 cm³/mol. The van der Waals surface area contributed by atoms with Crippen molar-refractivity contribution in [2.45, 2.75) is 25.3 Å². The van der Waals surface area contributed by atoms with Gasteiger partial charge < -0.3 is 0 Å². The van der Waals surface area contributed by atoms with Gasteiger partial charge in [0.05, 0.1) is 0 Å². The average Bonchev–Trinajstić information content (AvgIpc) is 1.65. The van der Waals surface area contributed by atoms with E-state index in [1.807, 2.05) is 0 Å². The number of piperidine rings is 1. The maximum Gasteiger partial charge on any atom is 0.302 e. The minimum absolute atomic E-state index is 0.00694. The average molecular weight is 121 g/mol. The summed E-state index contributed by atoms with van der Waals surface area (Å²) in [7, 11) is 0. The lowest BCUT2D eigenvalue weighted by Crippen LogP contribution is -2.40. The molecule has 0 atom stereocenters. The van der Waals surface area contributed by atoms with Gasteiger partial charge in [-0.2, -0.15) is 8.78 Å². The summed E-state index contributed by atoms with van der Waals surface area (Å²) in [4.78, 5) is 0. The van der Waals surface area contributed by atoms with Gasteiger partial charge in [0.2, 0.25) is 0 Å². The molecule has 1 rings (SSSR count). The second kappa shape index (κ2) is 1.97. The van der Waals surface area contributed by atoms with E-state index >= 15 is 0 Å². The molecule has 3 heteroatoms. The third kappa shape index (κ3) is 1.40. The largest absolute Gasteiger partial charge is 0.302 e. The second-order valence-corrected chi connectivity index (χ2v) is 2.09. The SMILES string of the molecule is FC1(F)CCCCN1. The van der Waals surface area contributed by atoms with Crippen LogP contribution in [0.2, 0.25) is 0 Å². The highest BCUT2D eigenvalue weighted by atomic mass is 19.3. The Balaban J connectivity index is 2.33. The van der Waals surface area contributed by atoms with Crippen molar-refractivity contribution in [2.75, 3.05) is 6.54 Å². The van der Waals surface area contributed by atoms with Crippen LogP contribution in [-0.2, 0) is 0 Å². The molecule has 0 aromatic heterocycles. The van der Waals surface area contributed by atoms with Crippen LogP contribution in [0.3, 0.4) is 0 Å². The maximum atomic E-state index is 12.1. The standard InChI is InChI=1S/C5H9F2N/c6-5(7)3-1-2-4-8-5/h8H,1-4H2. The fraction of sp³-hybridized carbons (Fsp3) is 1.00. The van der Waals surface area contributed by atoms with Gasteiger partial charge in [-0.15, -0.1) is 0 Å². The molecule has 0 aliphatic carbocycles. The molecule has 0 bridgehead atoms. The second-order valence-electron chi connectivity index (χ2n) is 2.09. The Morgan fingerprint density at radius 3 is 2.25 bits per heavy atom. The molecule has 1 aliphatic rings. The van der Waals surface area contributed by atoms with Crippen molar-refractivity contribution >= 4 is 0 Å². The van der Waals surface area contributed by atoms with Gasteiger partial charge in [-0.05, 0) is 12.8 Å². The van der Waals surface area contributed by atoms with Gasteiger partial charge in [0.15, 0.2) is 0 Å². The van der Waals surface area contributed by atoms with Crippen LogP contribution in [0, 0.1) is 0 Å². The third-order valence-corrected chi connectivity index (χ3v) is 1.30. The molecule has 1 heterocycles. The molecule has 0 aromatic carbocycles. The fourth-order valence-electron chi connectivity index (χ4n) is 0.832. The van der Waals surface area contributed by atoms with Crippen molar-refractivity contribution in [3.05, 3.63) is 0 Å². The molecule has 8 heavy (non-hydrogen) atoms. The number of nitrogens with one attached hydrogen (secondary N) is 1. The Morgan fingerprint density at radius 1 is 1.25 bits per heavy atom. The monoisotopic (exact) mass is 121 g/mol. The van der Waals surface area contributed by atoms with Crippen LogP contribution in [-0.4, -0.2) is 12.6 Å².